The largest absolute Gasteiger partial charge is 0.103 e. The molecule has 2 rings (SSSR count). The van der Waals surface area contributed by atoms with Crippen molar-refractivity contribution in [3.05, 3.63) is 78.9 Å². The first-order chi connectivity index (χ1) is 9.64. The predicted molar refractivity (Wildman–Crippen MR) is 92.3 cm³/mol. The van der Waals surface area contributed by atoms with E-state index < -0.39 is 8.07 Å². The van der Waals surface area contributed by atoms with Gasteiger partial charge >= 0.3 is 0 Å². The van der Waals surface area contributed by atoms with Gasteiger partial charge in [-0.15, -0.1) is 6.58 Å². The summed E-state index contributed by atoms with van der Waals surface area (Å²) in [4.78, 5) is 0. The zero-order chi connectivity index (χ0) is 14.4. The van der Waals surface area contributed by atoms with E-state index in [9.17, 15) is 0 Å². The average molecular weight is 280 g/mol. The molecular weight excluding hydrogens is 256 g/mol. The van der Waals surface area contributed by atoms with E-state index in [0.717, 1.165) is 6.42 Å². The van der Waals surface area contributed by atoms with Gasteiger partial charge in [-0.3, -0.25) is 0 Å². The molecule has 20 heavy (non-hydrogen) atoms. The third kappa shape index (κ3) is 3.49. The van der Waals surface area contributed by atoms with Crippen LogP contribution >= 0.6 is 0 Å². The Morgan fingerprint density at radius 3 is 2.05 bits per heavy atom. The minimum atomic E-state index is -1.48. The van der Waals surface area contributed by atoms with Gasteiger partial charge in [0.2, 0.25) is 0 Å². The zero-order valence-electron chi connectivity index (χ0n) is 12.5. The van der Waals surface area contributed by atoms with Crippen molar-refractivity contribution in [3.8, 4) is 0 Å². The van der Waals surface area contributed by atoms with E-state index in [0.29, 0.717) is 5.54 Å². The van der Waals surface area contributed by atoms with E-state index in [2.05, 4.69) is 86.4 Å². The monoisotopic (exact) mass is 280 g/mol. The number of aryl methyl sites for hydroxylation is 1. The topological polar surface area (TPSA) is 0 Å². The highest BCUT2D eigenvalue weighted by molar-refractivity contribution is 6.91. The Hall–Kier alpha value is -1.60. The van der Waals surface area contributed by atoms with Crippen LogP contribution in [0.15, 0.2) is 73.3 Å². The quantitative estimate of drug-likeness (QED) is 0.527. The first-order valence-electron chi connectivity index (χ1n) is 7.36. The third-order valence-electron chi connectivity index (χ3n) is 4.32. The van der Waals surface area contributed by atoms with E-state index in [1.54, 1.807) is 0 Å². The maximum absolute atomic E-state index is 4.10. The van der Waals surface area contributed by atoms with Crippen molar-refractivity contribution in [2.45, 2.75) is 31.5 Å². The minimum Gasteiger partial charge on any atom is -0.103 e. The Labute approximate surface area is 124 Å². The molecule has 1 heteroatoms. The van der Waals surface area contributed by atoms with E-state index in [1.807, 2.05) is 0 Å². The minimum absolute atomic E-state index is 0.616. The summed E-state index contributed by atoms with van der Waals surface area (Å²) in [5.41, 5.74) is 2.04. The second kappa shape index (κ2) is 6.71. The van der Waals surface area contributed by atoms with Crippen LogP contribution in [-0.4, -0.2) is 8.07 Å². The summed E-state index contributed by atoms with van der Waals surface area (Å²) >= 11 is 0. The van der Waals surface area contributed by atoms with Gasteiger partial charge in [0.25, 0.3) is 0 Å². The molecule has 0 aliphatic heterocycles. The second-order valence-electron chi connectivity index (χ2n) is 5.95. The molecule has 0 amide bonds. The molecule has 104 valence electrons. The van der Waals surface area contributed by atoms with E-state index in [-0.39, 0.29) is 0 Å². The first kappa shape index (κ1) is 14.8. The summed E-state index contributed by atoms with van der Waals surface area (Å²) in [6, 6.07) is 21.7. The molecule has 0 saturated heterocycles. The molecule has 0 heterocycles. The van der Waals surface area contributed by atoms with Gasteiger partial charge in [0.05, 0.1) is 8.07 Å². The van der Waals surface area contributed by atoms with Gasteiger partial charge in [0.15, 0.2) is 0 Å². The molecule has 0 saturated carbocycles. The Balaban J connectivity index is 2.10. The molecule has 0 aliphatic rings. The van der Waals surface area contributed by atoms with E-state index >= 15 is 0 Å². The molecule has 0 aromatic heterocycles. The normalized spacial score (nSPS) is 12.9. The van der Waals surface area contributed by atoms with Crippen molar-refractivity contribution in [2.24, 2.45) is 0 Å². The van der Waals surface area contributed by atoms with Gasteiger partial charge < -0.3 is 0 Å². The summed E-state index contributed by atoms with van der Waals surface area (Å²) in [5, 5.41) is 1.53. The van der Waals surface area contributed by atoms with Gasteiger partial charge in [-0.2, -0.15) is 0 Å². The van der Waals surface area contributed by atoms with E-state index in [1.165, 1.54) is 17.2 Å². The molecule has 0 aliphatic carbocycles. The summed E-state index contributed by atoms with van der Waals surface area (Å²) in [7, 11) is -1.48. The van der Waals surface area contributed by atoms with Crippen molar-refractivity contribution in [1.29, 1.82) is 0 Å². The third-order valence-corrected chi connectivity index (χ3v) is 8.52. The van der Waals surface area contributed by atoms with Crippen LogP contribution in [0.3, 0.4) is 0 Å². The van der Waals surface area contributed by atoms with Crippen LogP contribution in [0.25, 0.3) is 0 Å². The highest BCUT2D eigenvalue weighted by atomic mass is 28.3. The molecule has 0 unspecified atom stereocenters. The molecule has 0 radical (unpaired) electrons. The van der Waals surface area contributed by atoms with Crippen LogP contribution < -0.4 is 5.19 Å². The van der Waals surface area contributed by atoms with Crippen LogP contribution in [0, 0.1) is 0 Å². The molecule has 1 atom stereocenters. The maximum Gasteiger partial charge on any atom is 0.0873 e. The number of hydrogen-bond donors (Lipinski definition) is 0. The van der Waals surface area contributed by atoms with Crippen LogP contribution in [-0.2, 0) is 6.42 Å². The van der Waals surface area contributed by atoms with Crippen molar-refractivity contribution in [1.82, 2.24) is 0 Å². The summed E-state index contributed by atoms with van der Waals surface area (Å²) < 4.78 is 0. The maximum atomic E-state index is 4.10. The van der Waals surface area contributed by atoms with Gasteiger partial charge in [-0.25, -0.2) is 0 Å². The number of allylic oxidation sites excluding steroid dienone is 1. The van der Waals surface area contributed by atoms with Crippen molar-refractivity contribution >= 4 is 13.3 Å². The molecular formula is C19H24Si. The molecule has 2 aromatic carbocycles. The smallest absolute Gasteiger partial charge is 0.0873 e. The molecule has 0 fully saturated rings. The molecule has 2 aromatic rings. The lowest BCUT2D eigenvalue weighted by Crippen LogP contribution is -2.45. The lowest BCUT2D eigenvalue weighted by atomic mass is 10.1. The highest BCUT2D eigenvalue weighted by Gasteiger charge is 2.31. The second-order valence-corrected chi connectivity index (χ2v) is 10.7. The first-order valence-corrected chi connectivity index (χ1v) is 10.4. The Morgan fingerprint density at radius 1 is 0.950 bits per heavy atom. The SMILES string of the molecule is C=C[C@@H](CCc1ccccc1)[Si](C)(C)c1ccccc1. The number of hydrogen-bond acceptors (Lipinski definition) is 0. The Bertz CT molecular complexity index is 528. The van der Waals surface area contributed by atoms with Gasteiger partial charge in [-0.05, 0) is 23.9 Å². The fourth-order valence-corrected chi connectivity index (χ4v) is 5.76. The summed E-state index contributed by atoms with van der Waals surface area (Å²) in [6.45, 7) is 9.02. The molecule has 0 nitrogen and oxygen atoms in total. The van der Waals surface area contributed by atoms with Crippen molar-refractivity contribution in [2.75, 3.05) is 0 Å². The fourth-order valence-electron chi connectivity index (χ4n) is 2.82. The van der Waals surface area contributed by atoms with Crippen molar-refractivity contribution < 1.29 is 0 Å². The van der Waals surface area contributed by atoms with Gasteiger partial charge in [0, 0.05) is 0 Å². The van der Waals surface area contributed by atoms with Crippen LogP contribution in [0.5, 0.6) is 0 Å². The molecule has 0 spiro atoms. The van der Waals surface area contributed by atoms with Gasteiger partial charge in [0.1, 0.15) is 0 Å². The summed E-state index contributed by atoms with van der Waals surface area (Å²) in [5.74, 6) is 0. The van der Waals surface area contributed by atoms with Crippen LogP contribution in [0.4, 0.5) is 0 Å². The average Bonchev–Trinajstić information content (AvgIpc) is 2.49. The lowest BCUT2D eigenvalue weighted by Gasteiger charge is -2.31. The number of benzene rings is 2. The van der Waals surface area contributed by atoms with Crippen LogP contribution in [0.2, 0.25) is 18.6 Å². The Kier molecular flexibility index (Phi) is 4.97. The highest BCUT2D eigenvalue weighted by Crippen LogP contribution is 2.28. The zero-order valence-corrected chi connectivity index (χ0v) is 13.5. The summed E-state index contributed by atoms with van der Waals surface area (Å²) in [6.07, 6.45) is 4.52. The fraction of sp³-hybridized carbons (Fsp3) is 0.263. The molecule has 0 bridgehead atoms. The van der Waals surface area contributed by atoms with E-state index in [4.69, 9.17) is 0 Å². The van der Waals surface area contributed by atoms with Gasteiger partial charge in [-0.1, -0.05) is 85.0 Å². The van der Waals surface area contributed by atoms with Crippen LogP contribution in [0.1, 0.15) is 12.0 Å². The standard InChI is InChI=1S/C19H24Si/c1-4-18(16-15-17-11-7-5-8-12-17)20(2,3)19-13-9-6-10-14-19/h4-14,18H,1,15-16H2,2-3H3/t18-/m0/s1. The van der Waals surface area contributed by atoms with Crippen molar-refractivity contribution in [3.63, 3.8) is 0 Å². The Morgan fingerprint density at radius 2 is 1.50 bits per heavy atom. The number of rotatable bonds is 6. The molecule has 0 N–H and O–H groups in total. The predicted octanol–water partition coefficient (Wildman–Crippen LogP) is 4.79. The lowest BCUT2D eigenvalue weighted by molar-refractivity contribution is 0.821.